The normalized spacial score (nSPS) is 19.1. The van der Waals surface area contributed by atoms with Crippen LogP contribution in [0.4, 0.5) is 13.2 Å². The quantitative estimate of drug-likeness (QED) is 0.558. The van der Waals surface area contributed by atoms with Crippen LogP contribution in [0.2, 0.25) is 0 Å². The van der Waals surface area contributed by atoms with Gasteiger partial charge >= 0.3 is 6.18 Å². The molecule has 0 aromatic heterocycles. The van der Waals surface area contributed by atoms with Crippen molar-refractivity contribution in [3.8, 4) is 0 Å². The summed E-state index contributed by atoms with van der Waals surface area (Å²) in [6, 6.07) is 0. The molecule has 1 aliphatic heterocycles. The third-order valence-corrected chi connectivity index (χ3v) is 1.49. The summed E-state index contributed by atoms with van der Waals surface area (Å²) in [6.45, 7) is -1.45. The van der Waals surface area contributed by atoms with Crippen LogP contribution in [-0.2, 0) is 9.59 Å². The SMILES string of the molecule is O=C1CCC(=O)N1CC(F)(F)F. The molecule has 1 rings (SSSR count). The molecule has 1 fully saturated rings. The smallest absolute Gasteiger partial charge is 0.274 e. The minimum atomic E-state index is -4.49. The van der Waals surface area contributed by atoms with Gasteiger partial charge in [-0.2, -0.15) is 13.2 Å². The Morgan fingerprint density at radius 3 is 1.92 bits per heavy atom. The van der Waals surface area contributed by atoms with E-state index >= 15 is 0 Å². The molecular formula is C6H6F3NO2. The van der Waals surface area contributed by atoms with Gasteiger partial charge in [-0.15, -0.1) is 0 Å². The topological polar surface area (TPSA) is 37.4 Å². The van der Waals surface area contributed by atoms with E-state index in [1.54, 1.807) is 0 Å². The standard InChI is InChI=1S/C6H6F3NO2/c7-6(8,9)3-10-4(11)1-2-5(10)12/h1-3H2. The highest BCUT2D eigenvalue weighted by molar-refractivity contribution is 6.01. The first-order valence-electron chi connectivity index (χ1n) is 3.30. The molecule has 12 heavy (non-hydrogen) atoms. The number of rotatable bonds is 1. The van der Waals surface area contributed by atoms with Gasteiger partial charge in [0, 0.05) is 12.8 Å². The largest absolute Gasteiger partial charge is 0.406 e. The molecular weight excluding hydrogens is 175 g/mol. The molecule has 0 N–H and O–H groups in total. The maximum Gasteiger partial charge on any atom is 0.406 e. The second-order valence-electron chi connectivity index (χ2n) is 2.49. The van der Waals surface area contributed by atoms with Crippen LogP contribution in [0.3, 0.4) is 0 Å². The molecule has 68 valence electrons. The molecule has 1 heterocycles. The van der Waals surface area contributed by atoms with Gasteiger partial charge in [0.2, 0.25) is 11.8 Å². The third-order valence-electron chi connectivity index (χ3n) is 1.49. The van der Waals surface area contributed by atoms with Crippen LogP contribution < -0.4 is 0 Å². The Morgan fingerprint density at radius 2 is 1.58 bits per heavy atom. The van der Waals surface area contributed by atoms with E-state index in [1.165, 1.54) is 0 Å². The number of likely N-dealkylation sites (tertiary alicyclic amines) is 1. The average Bonchev–Trinajstić information content (AvgIpc) is 2.16. The minimum Gasteiger partial charge on any atom is -0.274 e. The van der Waals surface area contributed by atoms with E-state index in [-0.39, 0.29) is 17.7 Å². The summed E-state index contributed by atoms with van der Waals surface area (Å²) in [7, 11) is 0. The van der Waals surface area contributed by atoms with E-state index < -0.39 is 24.5 Å². The van der Waals surface area contributed by atoms with Gasteiger partial charge in [-0.1, -0.05) is 0 Å². The fourth-order valence-electron chi connectivity index (χ4n) is 0.979. The van der Waals surface area contributed by atoms with Crippen molar-refractivity contribution in [2.24, 2.45) is 0 Å². The Labute approximate surface area is 66.1 Å². The Balaban J connectivity index is 2.62. The fourth-order valence-corrected chi connectivity index (χ4v) is 0.979. The maximum atomic E-state index is 11.7. The summed E-state index contributed by atoms with van der Waals surface area (Å²) in [4.78, 5) is 21.6. The molecule has 3 nitrogen and oxygen atoms in total. The summed E-state index contributed by atoms with van der Waals surface area (Å²) in [6.07, 6.45) is -4.69. The van der Waals surface area contributed by atoms with Crippen LogP contribution in [0.5, 0.6) is 0 Å². The summed E-state index contributed by atoms with van der Waals surface area (Å²) < 4.78 is 35.1. The van der Waals surface area contributed by atoms with E-state index in [4.69, 9.17) is 0 Å². The van der Waals surface area contributed by atoms with Gasteiger partial charge < -0.3 is 0 Å². The maximum absolute atomic E-state index is 11.7. The molecule has 0 aromatic rings. The number of imide groups is 1. The first-order chi connectivity index (χ1) is 5.40. The minimum absolute atomic E-state index is 0.102. The predicted molar refractivity (Wildman–Crippen MR) is 32.0 cm³/mol. The monoisotopic (exact) mass is 181 g/mol. The van der Waals surface area contributed by atoms with Crippen molar-refractivity contribution < 1.29 is 22.8 Å². The van der Waals surface area contributed by atoms with Crippen LogP contribution >= 0.6 is 0 Å². The van der Waals surface area contributed by atoms with Gasteiger partial charge in [-0.05, 0) is 0 Å². The van der Waals surface area contributed by atoms with E-state index in [2.05, 4.69) is 0 Å². The van der Waals surface area contributed by atoms with Crippen molar-refractivity contribution in [1.82, 2.24) is 4.90 Å². The Hall–Kier alpha value is -1.07. The number of amides is 2. The molecule has 0 radical (unpaired) electrons. The zero-order valence-electron chi connectivity index (χ0n) is 6.02. The summed E-state index contributed by atoms with van der Waals surface area (Å²) in [5, 5.41) is 0. The molecule has 0 atom stereocenters. The average molecular weight is 181 g/mol. The lowest BCUT2D eigenvalue weighted by Crippen LogP contribution is -2.37. The summed E-state index contributed by atoms with van der Waals surface area (Å²) in [5.41, 5.74) is 0. The molecule has 2 amide bonds. The van der Waals surface area contributed by atoms with Crippen LogP contribution in [0, 0.1) is 0 Å². The number of hydrogen-bond donors (Lipinski definition) is 0. The van der Waals surface area contributed by atoms with E-state index in [9.17, 15) is 22.8 Å². The Kier molecular flexibility index (Phi) is 2.08. The lowest BCUT2D eigenvalue weighted by molar-refractivity contribution is -0.165. The molecule has 0 spiro atoms. The highest BCUT2D eigenvalue weighted by Crippen LogP contribution is 2.21. The van der Waals surface area contributed by atoms with Gasteiger partial charge in [0.15, 0.2) is 0 Å². The van der Waals surface area contributed by atoms with Crippen molar-refractivity contribution in [3.05, 3.63) is 0 Å². The molecule has 1 aliphatic rings. The molecule has 6 heteroatoms. The molecule has 0 unspecified atom stereocenters. The summed E-state index contributed by atoms with van der Waals surface area (Å²) in [5.74, 6) is -1.48. The fraction of sp³-hybridized carbons (Fsp3) is 0.667. The Bertz CT molecular complexity index is 207. The molecule has 0 aromatic carbocycles. The van der Waals surface area contributed by atoms with Crippen LogP contribution in [0.15, 0.2) is 0 Å². The van der Waals surface area contributed by atoms with Crippen LogP contribution in [0.25, 0.3) is 0 Å². The lowest BCUT2D eigenvalue weighted by atomic mass is 10.4. The van der Waals surface area contributed by atoms with E-state index in [0.717, 1.165) is 0 Å². The van der Waals surface area contributed by atoms with Crippen molar-refractivity contribution in [2.45, 2.75) is 19.0 Å². The number of hydrogen-bond acceptors (Lipinski definition) is 2. The number of carbonyl (C=O) groups is 2. The number of carbonyl (C=O) groups excluding carboxylic acids is 2. The van der Waals surface area contributed by atoms with Gasteiger partial charge in [0.1, 0.15) is 6.54 Å². The first-order valence-corrected chi connectivity index (χ1v) is 3.30. The van der Waals surface area contributed by atoms with Crippen LogP contribution in [-0.4, -0.2) is 29.4 Å². The highest BCUT2D eigenvalue weighted by atomic mass is 19.4. The van der Waals surface area contributed by atoms with Gasteiger partial charge in [-0.25, -0.2) is 0 Å². The van der Waals surface area contributed by atoms with Crippen molar-refractivity contribution in [2.75, 3.05) is 6.54 Å². The van der Waals surface area contributed by atoms with Gasteiger partial charge in [-0.3, -0.25) is 14.5 Å². The highest BCUT2D eigenvalue weighted by Gasteiger charge is 2.38. The molecule has 0 aliphatic carbocycles. The van der Waals surface area contributed by atoms with Gasteiger partial charge in [0.25, 0.3) is 0 Å². The number of halogens is 3. The zero-order valence-corrected chi connectivity index (χ0v) is 6.02. The Morgan fingerprint density at radius 1 is 1.17 bits per heavy atom. The van der Waals surface area contributed by atoms with Crippen molar-refractivity contribution in [3.63, 3.8) is 0 Å². The lowest BCUT2D eigenvalue weighted by Gasteiger charge is -2.15. The molecule has 0 bridgehead atoms. The summed E-state index contributed by atoms with van der Waals surface area (Å²) >= 11 is 0. The first kappa shape index (κ1) is 9.02. The van der Waals surface area contributed by atoms with E-state index in [0.29, 0.717) is 0 Å². The van der Waals surface area contributed by atoms with Gasteiger partial charge in [0.05, 0.1) is 0 Å². The van der Waals surface area contributed by atoms with Crippen molar-refractivity contribution in [1.29, 1.82) is 0 Å². The van der Waals surface area contributed by atoms with Crippen molar-refractivity contribution >= 4 is 11.8 Å². The van der Waals surface area contributed by atoms with E-state index in [1.807, 2.05) is 0 Å². The second kappa shape index (κ2) is 2.76. The second-order valence-corrected chi connectivity index (χ2v) is 2.49. The molecule has 0 saturated carbocycles. The zero-order chi connectivity index (χ0) is 9.35. The third kappa shape index (κ3) is 1.96. The molecule has 1 saturated heterocycles. The number of alkyl halides is 3. The van der Waals surface area contributed by atoms with Crippen LogP contribution in [0.1, 0.15) is 12.8 Å². The predicted octanol–water partition coefficient (Wildman–Crippen LogP) is 0.698. The number of nitrogens with zero attached hydrogens (tertiary/aromatic N) is 1.